The number of hydrogen-bond donors (Lipinski definition) is 2. The van der Waals surface area contributed by atoms with E-state index in [9.17, 15) is 5.11 Å². The molecule has 4 heteroatoms. The van der Waals surface area contributed by atoms with Gasteiger partial charge >= 0.3 is 0 Å². The Hall–Kier alpha value is -1.29. The summed E-state index contributed by atoms with van der Waals surface area (Å²) >= 11 is 1.57. The number of anilines is 1. The molecule has 0 amide bonds. The van der Waals surface area contributed by atoms with E-state index in [1.54, 1.807) is 17.4 Å². The number of rotatable bonds is 1. The van der Waals surface area contributed by atoms with Crippen molar-refractivity contribution >= 4 is 27.2 Å². The van der Waals surface area contributed by atoms with Crippen LogP contribution in [0.2, 0.25) is 0 Å². The summed E-state index contributed by atoms with van der Waals surface area (Å²) in [5.41, 5.74) is 7.06. The fourth-order valence-corrected chi connectivity index (χ4v) is 2.21. The van der Waals surface area contributed by atoms with Crippen molar-refractivity contribution in [2.24, 2.45) is 0 Å². The SMILES string of the molecule is CCc1nc2c(N)cc(O)cc2s1. The minimum atomic E-state index is 0.205. The fraction of sp³-hybridized carbons (Fsp3) is 0.222. The van der Waals surface area contributed by atoms with Gasteiger partial charge in [0.05, 0.1) is 15.4 Å². The van der Waals surface area contributed by atoms with Gasteiger partial charge in [0.2, 0.25) is 0 Å². The Balaban J connectivity index is 2.75. The molecule has 0 aliphatic rings. The van der Waals surface area contributed by atoms with Gasteiger partial charge in [-0.2, -0.15) is 0 Å². The van der Waals surface area contributed by atoms with Crippen LogP contribution in [0, 0.1) is 0 Å². The Morgan fingerprint density at radius 1 is 1.54 bits per heavy atom. The molecule has 0 unspecified atom stereocenters. The molecule has 1 aromatic carbocycles. The average molecular weight is 194 g/mol. The van der Waals surface area contributed by atoms with Crippen molar-refractivity contribution in [3.63, 3.8) is 0 Å². The zero-order valence-electron chi connectivity index (χ0n) is 7.24. The van der Waals surface area contributed by atoms with Crippen molar-refractivity contribution in [2.75, 3.05) is 5.73 Å². The molecular formula is C9H10N2OS. The van der Waals surface area contributed by atoms with Gasteiger partial charge in [-0.15, -0.1) is 11.3 Å². The quantitative estimate of drug-likeness (QED) is 0.684. The third-order valence-electron chi connectivity index (χ3n) is 1.86. The summed E-state index contributed by atoms with van der Waals surface area (Å²) in [6.45, 7) is 2.05. The number of aryl methyl sites for hydroxylation is 1. The van der Waals surface area contributed by atoms with E-state index in [1.165, 1.54) is 6.07 Å². The molecule has 3 N–H and O–H groups in total. The summed E-state index contributed by atoms with van der Waals surface area (Å²) in [7, 11) is 0. The summed E-state index contributed by atoms with van der Waals surface area (Å²) in [5.74, 6) is 0.205. The molecule has 2 rings (SSSR count). The maximum atomic E-state index is 9.29. The minimum Gasteiger partial charge on any atom is -0.508 e. The van der Waals surface area contributed by atoms with Crippen LogP contribution >= 0.6 is 11.3 Å². The summed E-state index contributed by atoms with van der Waals surface area (Å²) in [6, 6.07) is 3.23. The van der Waals surface area contributed by atoms with Crippen molar-refractivity contribution in [2.45, 2.75) is 13.3 Å². The van der Waals surface area contributed by atoms with Gasteiger partial charge in [-0.1, -0.05) is 6.92 Å². The third-order valence-corrected chi connectivity index (χ3v) is 3.00. The van der Waals surface area contributed by atoms with Crippen LogP contribution in [0.3, 0.4) is 0 Å². The maximum absolute atomic E-state index is 9.29. The first kappa shape index (κ1) is 8.31. The molecule has 0 fully saturated rings. The van der Waals surface area contributed by atoms with Crippen LogP contribution in [0.5, 0.6) is 5.75 Å². The van der Waals surface area contributed by atoms with Crippen LogP contribution in [0.1, 0.15) is 11.9 Å². The first-order chi connectivity index (χ1) is 6.20. The van der Waals surface area contributed by atoms with E-state index in [-0.39, 0.29) is 5.75 Å². The molecule has 2 aromatic rings. The van der Waals surface area contributed by atoms with E-state index in [2.05, 4.69) is 4.98 Å². The number of benzene rings is 1. The molecule has 3 nitrogen and oxygen atoms in total. The van der Waals surface area contributed by atoms with Gasteiger partial charge in [-0.3, -0.25) is 0 Å². The second kappa shape index (κ2) is 2.88. The van der Waals surface area contributed by atoms with Gasteiger partial charge in [0, 0.05) is 6.07 Å². The Morgan fingerprint density at radius 3 is 3.00 bits per heavy atom. The van der Waals surface area contributed by atoms with Crippen molar-refractivity contribution < 1.29 is 5.11 Å². The predicted molar refractivity (Wildman–Crippen MR) is 55.1 cm³/mol. The van der Waals surface area contributed by atoms with Gasteiger partial charge in [-0.05, 0) is 12.5 Å². The highest BCUT2D eigenvalue weighted by Crippen LogP contribution is 2.30. The molecule has 68 valence electrons. The van der Waals surface area contributed by atoms with Gasteiger partial charge in [0.1, 0.15) is 11.3 Å². The highest BCUT2D eigenvalue weighted by Gasteiger charge is 2.06. The Morgan fingerprint density at radius 2 is 2.31 bits per heavy atom. The average Bonchev–Trinajstić information content (AvgIpc) is 2.47. The molecule has 0 aliphatic carbocycles. The molecule has 1 heterocycles. The lowest BCUT2D eigenvalue weighted by Gasteiger charge is -1.95. The Labute approximate surface area is 79.8 Å². The van der Waals surface area contributed by atoms with Crippen LogP contribution in [-0.2, 0) is 6.42 Å². The van der Waals surface area contributed by atoms with Gasteiger partial charge in [0.25, 0.3) is 0 Å². The normalized spacial score (nSPS) is 10.8. The number of nitrogen functional groups attached to an aromatic ring is 1. The van der Waals surface area contributed by atoms with Gasteiger partial charge in [-0.25, -0.2) is 4.98 Å². The first-order valence-electron chi connectivity index (χ1n) is 4.08. The van der Waals surface area contributed by atoms with Crippen molar-refractivity contribution in [3.05, 3.63) is 17.1 Å². The summed E-state index contributed by atoms with van der Waals surface area (Å²) in [6.07, 6.45) is 0.902. The van der Waals surface area contributed by atoms with E-state index in [4.69, 9.17) is 5.73 Å². The molecule has 0 saturated heterocycles. The number of phenols is 1. The highest BCUT2D eigenvalue weighted by atomic mass is 32.1. The molecule has 0 bridgehead atoms. The van der Waals surface area contributed by atoms with E-state index in [1.807, 2.05) is 6.92 Å². The minimum absolute atomic E-state index is 0.205. The van der Waals surface area contributed by atoms with E-state index >= 15 is 0 Å². The Bertz CT molecular complexity index is 450. The topological polar surface area (TPSA) is 59.1 Å². The summed E-state index contributed by atoms with van der Waals surface area (Å²) < 4.78 is 0.953. The molecule has 0 radical (unpaired) electrons. The first-order valence-corrected chi connectivity index (χ1v) is 4.90. The predicted octanol–water partition coefficient (Wildman–Crippen LogP) is 2.15. The fourth-order valence-electron chi connectivity index (χ4n) is 1.24. The number of aromatic nitrogens is 1. The lowest BCUT2D eigenvalue weighted by Crippen LogP contribution is -1.86. The lowest BCUT2D eigenvalue weighted by atomic mass is 10.3. The number of aromatic hydroxyl groups is 1. The molecule has 1 aromatic heterocycles. The summed E-state index contributed by atoms with van der Waals surface area (Å²) in [5, 5.41) is 10.3. The van der Waals surface area contributed by atoms with Gasteiger partial charge < -0.3 is 10.8 Å². The number of nitrogens with zero attached hydrogens (tertiary/aromatic N) is 1. The smallest absolute Gasteiger partial charge is 0.119 e. The van der Waals surface area contributed by atoms with Crippen LogP contribution in [-0.4, -0.2) is 10.1 Å². The molecular weight excluding hydrogens is 184 g/mol. The monoisotopic (exact) mass is 194 g/mol. The third kappa shape index (κ3) is 1.33. The van der Waals surface area contributed by atoms with Crippen molar-refractivity contribution in [1.82, 2.24) is 4.98 Å². The molecule has 13 heavy (non-hydrogen) atoms. The number of nitrogens with two attached hydrogens (primary N) is 1. The van der Waals surface area contributed by atoms with Crippen molar-refractivity contribution in [1.29, 1.82) is 0 Å². The largest absolute Gasteiger partial charge is 0.508 e. The zero-order chi connectivity index (χ0) is 9.42. The zero-order valence-corrected chi connectivity index (χ0v) is 8.06. The van der Waals surface area contributed by atoms with Crippen LogP contribution in [0.15, 0.2) is 12.1 Å². The van der Waals surface area contributed by atoms with E-state index < -0.39 is 0 Å². The van der Waals surface area contributed by atoms with E-state index in [0.717, 1.165) is 21.6 Å². The molecule has 0 aliphatic heterocycles. The Kier molecular flexibility index (Phi) is 1.84. The summed E-state index contributed by atoms with van der Waals surface area (Å²) in [4.78, 5) is 4.35. The van der Waals surface area contributed by atoms with E-state index in [0.29, 0.717) is 5.69 Å². The van der Waals surface area contributed by atoms with Crippen LogP contribution in [0.25, 0.3) is 10.2 Å². The van der Waals surface area contributed by atoms with Crippen LogP contribution < -0.4 is 5.73 Å². The number of hydrogen-bond acceptors (Lipinski definition) is 4. The molecule has 0 atom stereocenters. The highest BCUT2D eigenvalue weighted by molar-refractivity contribution is 7.18. The van der Waals surface area contributed by atoms with Crippen LogP contribution in [0.4, 0.5) is 5.69 Å². The van der Waals surface area contributed by atoms with Gasteiger partial charge in [0.15, 0.2) is 0 Å². The number of fused-ring (bicyclic) bond motifs is 1. The second-order valence-electron chi connectivity index (χ2n) is 2.84. The lowest BCUT2D eigenvalue weighted by molar-refractivity contribution is 0.476. The molecule has 0 saturated carbocycles. The molecule has 0 spiro atoms. The number of thiazole rings is 1. The standard InChI is InChI=1S/C9H10N2OS/c1-2-8-11-9-6(10)3-5(12)4-7(9)13-8/h3-4,12H,2,10H2,1H3. The second-order valence-corrected chi connectivity index (χ2v) is 3.96. The maximum Gasteiger partial charge on any atom is 0.119 e. The van der Waals surface area contributed by atoms with Crippen molar-refractivity contribution in [3.8, 4) is 5.75 Å². The number of phenolic OH excluding ortho intramolecular Hbond substituents is 1.